The van der Waals surface area contributed by atoms with Crippen molar-refractivity contribution in [2.45, 2.75) is 33.1 Å². The van der Waals surface area contributed by atoms with E-state index in [-0.39, 0.29) is 0 Å². The van der Waals surface area contributed by atoms with Crippen LogP contribution in [0.2, 0.25) is 0 Å². The molecule has 1 aliphatic heterocycles. The van der Waals surface area contributed by atoms with E-state index >= 15 is 0 Å². The highest BCUT2D eigenvalue weighted by Gasteiger charge is 2.16. The van der Waals surface area contributed by atoms with Crippen LogP contribution in [0.25, 0.3) is 11.3 Å². The molecule has 0 saturated carbocycles. The van der Waals surface area contributed by atoms with Crippen LogP contribution in [0.4, 0.5) is 5.69 Å². The van der Waals surface area contributed by atoms with E-state index < -0.39 is 0 Å². The van der Waals surface area contributed by atoms with Crippen molar-refractivity contribution in [3.8, 4) is 0 Å². The van der Waals surface area contributed by atoms with Crippen molar-refractivity contribution in [1.29, 1.82) is 0 Å². The monoisotopic (exact) mass is 465 g/mol. The molecule has 0 aromatic heterocycles. The summed E-state index contributed by atoms with van der Waals surface area (Å²) in [7, 11) is 0. The SMILES string of the molecule is C=C(c1ccc(C(=C2CCNCC2)c2cccc(NCCc3ccccc3)c2)cc1)N(CC)CC. The maximum Gasteiger partial charge on any atom is 0.0366 e. The average molecular weight is 466 g/mol. The van der Waals surface area contributed by atoms with Crippen molar-refractivity contribution < 1.29 is 0 Å². The lowest BCUT2D eigenvalue weighted by Gasteiger charge is -2.24. The van der Waals surface area contributed by atoms with Crippen molar-refractivity contribution >= 4 is 17.0 Å². The Hall–Kier alpha value is -3.30. The van der Waals surface area contributed by atoms with Gasteiger partial charge in [-0.1, -0.05) is 78.9 Å². The first-order valence-corrected chi connectivity index (χ1v) is 13.0. The average Bonchev–Trinajstić information content (AvgIpc) is 2.91. The first-order chi connectivity index (χ1) is 17.2. The molecule has 35 heavy (non-hydrogen) atoms. The molecular weight excluding hydrogens is 426 g/mol. The van der Waals surface area contributed by atoms with E-state index in [1.54, 1.807) is 5.57 Å². The third kappa shape index (κ3) is 6.43. The molecule has 1 saturated heterocycles. The van der Waals surface area contributed by atoms with Gasteiger partial charge in [0.05, 0.1) is 0 Å². The van der Waals surface area contributed by atoms with Gasteiger partial charge in [0.2, 0.25) is 0 Å². The summed E-state index contributed by atoms with van der Waals surface area (Å²) in [6, 6.07) is 28.6. The molecule has 0 spiro atoms. The maximum atomic E-state index is 4.35. The Morgan fingerprint density at radius 3 is 2.20 bits per heavy atom. The van der Waals surface area contributed by atoms with Gasteiger partial charge in [-0.25, -0.2) is 0 Å². The fourth-order valence-corrected chi connectivity index (χ4v) is 4.95. The quantitative estimate of drug-likeness (QED) is 0.343. The molecule has 1 aliphatic rings. The van der Waals surface area contributed by atoms with Crippen LogP contribution in [0.3, 0.4) is 0 Å². The van der Waals surface area contributed by atoms with Gasteiger partial charge in [-0.05, 0) is 86.2 Å². The molecule has 0 atom stereocenters. The van der Waals surface area contributed by atoms with Crippen molar-refractivity contribution in [2.75, 3.05) is 38.0 Å². The molecule has 3 nitrogen and oxygen atoms in total. The summed E-state index contributed by atoms with van der Waals surface area (Å²) in [4.78, 5) is 2.31. The number of nitrogens with zero attached hydrogens (tertiary/aromatic N) is 1. The van der Waals surface area contributed by atoms with Gasteiger partial charge in [0.1, 0.15) is 0 Å². The normalized spacial score (nSPS) is 13.4. The van der Waals surface area contributed by atoms with Crippen LogP contribution in [-0.2, 0) is 6.42 Å². The van der Waals surface area contributed by atoms with Crippen LogP contribution in [-0.4, -0.2) is 37.6 Å². The Balaban J connectivity index is 1.58. The second-order valence-electron chi connectivity index (χ2n) is 9.17. The van der Waals surface area contributed by atoms with Gasteiger partial charge < -0.3 is 15.5 Å². The number of nitrogens with one attached hydrogen (secondary N) is 2. The molecule has 3 aromatic rings. The fraction of sp³-hybridized carbons (Fsp3) is 0.312. The number of anilines is 1. The standard InChI is InChI=1S/C32H39N3/c1-4-35(5-2)25(3)27-14-16-28(17-15-27)32(29-19-21-33-22-20-29)30-12-9-13-31(24-30)34-23-18-26-10-7-6-8-11-26/h6-17,24,33-34H,3-5,18-23H2,1-2H3. The van der Waals surface area contributed by atoms with E-state index in [4.69, 9.17) is 0 Å². The molecular formula is C32H39N3. The Bertz CT molecular complexity index is 1120. The molecule has 3 aromatic carbocycles. The first-order valence-electron chi connectivity index (χ1n) is 13.0. The van der Waals surface area contributed by atoms with Crippen LogP contribution < -0.4 is 10.6 Å². The van der Waals surface area contributed by atoms with Crippen molar-refractivity contribution in [2.24, 2.45) is 0 Å². The molecule has 2 N–H and O–H groups in total. The van der Waals surface area contributed by atoms with Gasteiger partial charge in [0.25, 0.3) is 0 Å². The number of hydrogen-bond donors (Lipinski definition) is 2. The highest BCUT2D eigenvalue weighted by atomic mass is 15.1. The smallest absolute Gasteiger partial charge is 0.0366 e. The zero-order valence-corrected chi connectivity index (χ0v) is 21.3. The Morgan fingerprint density at radius 1 is 0.829 bits per heavy atom. The van der Waals surface area contributed by atoms with Gasteiger partial charge in [-0.2, -0.15) is 0 Å². The molecule has 3 heteroatoms. The van der Waals surface area contributed by atoms with Crippen molar-refractivity contribution in [3.05, 3.63) is 113 Å². The molecule has 0 bridgehead atoms. The van der Waals surface area contributed by atoms with E-state index in [9.17, 15) is 0 Å². The summed E-state index contributed by atoms with van der Waals surface area (Å²) in [6.45, 7) is 13.7. The van der Waals surface area contributed by atoms with Gasteiger partial charge >= 0.3 is 0 Å². The minimum Gasteiger partial charge on any atom is -0.385 e. The highest BCUT2D eigenvalue weighted by Crippen LogP contribution is 2.33. The third-order valence-electron chi connectivity index (χ3n) is 6.95. The number of rotatable bonds is 10. The zero-order chi connectivity index (χ0) is 24.5. The molecule has 0 radical (unpaired) electrons. The van der Waals surface area contributed by atoms with E-state index in [1.165, 1.54) is 33.5 Å². The number of piperidine rings is 1. The summed E-state index contributed by atoms with van der Waals surface area (Å²) in [5.41, 5.74) is 10.3. The van der Waals surface area contributed by atoms with E-state index in [0.29, 0.717) is 0 Å². The van der Waals surface area contributed by atoms with E-state index in [0.717, 1.165) is 57.7 Å². The lowest BCUT2D eigenvalue weighted by Crippen LogP contribution is -2.24. The van der Waals surface area contributed by atoms with Crippen molar-refractivity contribution in [3.63, 3.8) is 0 Å². The Labute approximate surface area is 211 Å². The van der Waals surface area contributed by atoms with Crippen molar-refractivity contribution in [1.82, 2.24) is 10.2 Å². The molecule has 1 heterocycles. The van der Waals surface area contributed by atoms with Gasteiger partial charge in [0.15, 0.2) is 0 Å². The molecule has 0 aliphatic carbocycles. The summed E-state index contributed by atoms with van der Waals surface area (Å²) in [5, 5.41) is 7.15. The molecule has 1 fully saturated rings. The second-order valence-corrected chi connectivity index (χ2v) is 9.17. The second kappa shape index (κ2) is 12.4. The first kappa shape index (κ1) is 24.8. The van der Waals surface area contributed by atoms with Crippen LogP contribution in [0.1, 0.15) is 48.9 Å². The lowest BCUT2D eigenvalue weighted by molar-refractivity contribution is 0.443. The summed E-state index contributed by atoms with van der Waals surface area (Å²) < 4.78 is 0. The largest absolute Gasteiger partial charge is 0.385 e. The van der Waals surface area contributed by atoms with E-state index in [2.05, 4.69) is 115 Å². The van der Waals surface area contributed by atoms with Gasteiger partial charge in [0, 0.05) is 31.0 Å². The summed E-state index contributed by atoms with van der Waals surface area (Å²) in [6.07, 6.45) is 3.20. The number of hydrogen-bond acceptors (Lipinski definition) is 3. The lowest BCUT2D eigenvalue weighted by atomic mass is 9.88. The highest BCUT2D eigenvalue weighted by molar-refractivity contribution is 5.84. The predicted octanol–water partition coefficient (Wildman–Crippen LogP) is 6.84. The summed E-state index contributed by atoms with van der Waals surface area (Å²) in [5.74, 6) is 0. The molecule has 0 amide bonds. The molecule has 182 valence electrons. The number of benzene rings is 3. The van der Waals surface area contributed by atoms with Crippen LogP contribution in [0, 0.1) is 0 Å². The third-order valence-corrected chi connectivity index (χ3v) is 6.95. The maximum absolute atomic E-state index is 4.35. The van der Waals surface area contributed by atoms with Crippen LogP contribution in [0.15, 0.2) is 91.0 Å². The predicted molar refractivity (Wildman–Crippen MR) is 152 cm³/mol. The topological polar surface area (TPSA) is 27.3 Å². The van der Waals surface area contributed by atoms with Crippen LogP contribution >= 0.6 is 0 Å². The molecule has 0 unspecified atom stereocenters. The summed E-state index contributed by atoms with van der Waals surface area (Å²) >= 11 is 0. The zero-order valence-electron chi connectivity index (χ0n) is 21.3. The van der Waals surface area contributed by atoms with Gasteiger partial charge in [-0.3, -0.25) is 0 Å². The van der Waals surface area contributed by atoms with E-state index in [1.807, 2.05) is 0 Å². The minimum absolute atomic E-state index is 0.922. The Kier molecular flexibility index (Phi) is 8.80. The molecule has 4 rings (SSSR count). The minimum atomic E-state index is 0.922. The van der Waals surface area contributed by atoms with Gasteiger partial charge in [-0.15, -0.1) is 0 Å². The Morgan fingerprint density at radius 2 is 1.51 bits per heavy atom. The van der Waals surface area contributed by atoms with Crippen LogP contribution in [0.5, 0.6) is 0 Å². The fourth-order valence-electron chi connectivity index (χ4n) is 4.95.